The Morgan fingerprint density at radius 2 is 1.37 bits per heavy atom. The van der Waals surface area contributed by atoms with Crippen molar-refractivity contribution in [2.24, 2.45) is 11.8 Å². The monoisotopic (exact) mass is 365 g/mol. The molecule has 0 amide bonds. The molecule has 27 heavy (non-hydrogen) atoms. The molecular formula is C23H25O4-. The number of aliphatic carboxylic acids is 1. The Hall–Kier alpha value is -2.62. The van der Waals surface area contributed by atoms with E-state index in [0.29, 0.717) is 6.61 Å². The third-order valence-electron chi connectivity index (χ3n) is 5.45. The molecule has 1 aliphatic carbocycles. The number of unbranched alkanes of at least 4 members (excludes halogenated alkanes) is 2. The summed E-state index contributed by atoms with van der Waals surface area (Å²) in [6.07, 6.45) is 2.88. The summed E-state index contributed by atoms with van der Waals surface area (Å²) >= 11 is 0. The second-order valence-corrected chi connectivity index (χ2v) is 7.12. The molecule has 0 heterocycles. The van der Waals surface area contributed by atoms with Gasteiger partial charge in [-0.25, -0.2) is 0 Å². The van der Waals surface area contributed by atoms with Gasteiger partial charge in [-0.2, -0.15) is 0 Å². The highest BCUT2D eigenvalue weighted by Gasteiger charge is 2.56. The Morgan fingerprint density at radius 1 is 0.852 bits per heavy atom. The maximum atomic E-state index is 12.9. The van der Waals surface area contributed by atoms with Crippen molar-refractivity contribution in [1.29, 1.82) is 0 Å². The van der Waals surface area contributed by atoms with E-state index in [9.17, 15) is 14.7 Å². The maximum Gasteiger partial charge on any atom is 0.310 e. The number of rotatable bonds is 8. The molecule has 1 saturated carbocycles. The molecule has 0 radical (unpaired) electrons. The summed E-state index contributed by atoms with van der Waals surface area (Å²) in [5.41, 5.74) is 1.68. The number of carboxylic acids is 1. The summed E-state index contributed by atoms with van der Waals surface area (Å²) in [6, 6.07) is 18.7. The van der Waals surface area contributed by atoms with Gasteiger partial charge in [0.1, 0.15) is 0 Å². The second kappa shape index (κ2) is 8.85. The predicted molar refractivity (Wildman–Crippen MR) is 101 cm³/mol. The molecule has 2 aromatic carbocycles. The molecule has 1 fully saturated rings. The van der Waals surface area contributed by atoms with E-state index in [1.165, 1.54) is 0 Å². The quantitative estimate of drug-likeness (QED) is 0.532. The van der Waals surface area contributed by atoms with Crippen LogP contribution in [0.25, 0.3) is 0 Å². The van der Waals surface area contributed by atoms with Crippen LogP contribution in [0.2, 0.25) is 0 Å². The molecular weight excluding hydrogens is 340 g/mol. The summed E-state index contributed by atoms with van der Waals surface area (Å²) < 4.78 is 5.53. The van der Waals surface area contributed by atoms with Crippen molar-refractivity contribution in [3.05, 3.63) is 71.8 Å². The molecule has 0 aromatic heterocycles. The van der Waals surface area contributed by atoms with Crippen LogP contribution in [0.1, 0.15) is 49.1 Å². The number of hydrogen-bond donors (Lipinski definition) is 0. The van der Waals surface area contributed by atoms with Crippen LogP contribution in [0.15, 0.2) is 60.7 Å². The zero-order valence-corrected chi connectivity index (χ0v) is 15.5. The minimum Gasteiger partial charge on any atom is -0.550 e. The predicted octanol–water partition coefficient (Wildman–Crippen LogP) is 3.28. The van der Waals surface area contributed by atoms with Gasteiger partial charge < -0.3 is 14.6 Å². The van der Waals surface area contributed by atoms with Gasteiger partial charge in [0.2, 0.25) is 0 Å². The van der Waals surface area contributed by atoms with Crippen LogP contribution < -0.4 is 5.11 Å². The molecule has 4 heteroatoms. The third kappa shape index (κ3) is 4.05. The third-order valence-corrected chi connectivity index (χ3v) is 5.45. The lowest BCUT2D eigenvalue weighted by molar-refractivity contribution is -0.317. The van der Waals surface area contributed by atoms with Crippen molar-refractivity contribution >= 4 is 11.9 Å². The van der Waals surface area contributed by atoms with Gasteiger partial charge in [0, 0.05) is 23.7 Å². The van der Waals surface area contributed by atoms with Gasteiger partial charge in [0.25, 0.3) is 0 Å². The van der Waals surface area contributed by atoms with Crippen LogP contribution in [0.5, 0.6) is 0 Å². The van der Waals surface area contributed by atoms with E-state index in [1.807, 2.05) is 60.7 Å². The molecule has 0 bridgehead atoms. The summed E-state index contributed by atoms with van der Waals surface area (Å²) in [7, 11) is 0. The fraction of sp³-hybridized carbons (Fsp3) is 0.391. The SMILES string of the molecule is CCCCCOC(=O)C1[C@@H](c2ccccc2)C(C(=O)[O-])[C@@H]1c1ccccc1. The summed E-state index contributed by atoms with van der Waals surface area (Å²) in [6.45, 7) is 2.47. The zero-order valence-electron chi connectivity index (χ0n) is 15.5. The van der Waals surface area contributed by atoms with E-state index >= 15 is 0 Å². The Morgan fingerprint density at radius 3 is 1.81 bits per heavy atom. The van der Waals surface area contributed by atoms with Crippen molar-refractivity contribution in [3.8, 4) is 0 Å². The van der Waals surface area contributed by atoms with Crippen molar-refractivity contribution in [2.75, 3.05) is 6.61 Å². The van der Waals surface area contributed by atoms with E-state index in [-0.39, 0.29) is 5.97 Å². The number of carboxylic acid groups (broad SMARTS) is 1. The van der Waals surface area contributed by atoms with Crippen molar-refractivity contribution in [2.45, 2.75) is 38.0 Å². The van der Waals surface area contributed by atoms with Gasteiger partial charge in [-0.1, -0.05) is 80.4 Å². The van der Waals surface area contributed by atoms with E-state index in [2.05, 4.69) is 6.92 Å². The fourth-order valence-corrected chi connectivity index (χ4v) is 4.14. The lowest BCUT2D eigenvalue weighted by atomic mass is 9.52. The highest BCUT2D eigenvalue weighted by molar-refractivity contribution is 5.83. The molecule has 2 aromatic rings. The molecule has 0 N–H and O–H groups in total. The summed E-state index contributed by atoms with van der Waals surface area (Å²) in [4.78, 5) is 24.8. The number of hydrogen-bond acceptors (Lipinski definition) is 4. The number of carbonyl (C=O) groups excluding carboxylic acids is 2. The largest absolute Gasteiger partial charge is 0.550 e. The van der Waals surface area contributed by atoms with E-state index < -0.39 is 29.6 Å². The van der Waals surface area contributed by atoms with Crippen molar-refractivity contribution in [3.63, 3.8) is 0 Å². The molecule has 142 valence electrons. The first-order chi connectivity index (χ1) is 13.1. The van der Waals surface area contributed by atoms with Crippen molar-refractivity contribution in [1.82, 2.24) is 0 Å². The Bertz CT molecular complexity index is 709. The number of ether oxygens (including phenoxy) is 1. The summed E-state index contributed by atoms with van der Waals surface area (Å²) in [5, 5.41) is 12.0. The van der Waals surface area contributed by atoms with E-state index in [0.717, 1.165) is 30.4 Å². The molecule has 1 aliphatic rings. The van der Waals surface area contributed by atoms with Crippen LogP contribution in [-0.2, 0) is 14.3 Å². The highest BCUT2D eigenvalue weighted by atomic mass is 16.5. The standard InChI is InChI=1S/C23H26O4/c1-2-3-10-15-27-23(26)21-18(16-11-6-4-7-12-16)20(22(24)25)19(21)17-13-8-5-9-14-17/h4-9,11-14,18-21H,2-3,10,15H2,1H3,(H,24,25)/p-1/t18-,19-,20?,21?/m0/s1. The van der Waals surface area contributed by atoms with Crippen LogP contribution in [0.3, 0.4) is 0 Å². The minimum absolute atomic E-state index is 0.314. The van der Waals surface area contributed by atoms with Gasteiger partial charge in [-0.15, -0.1) is 0 Å². The molecule has 0 saturated heterocycles. The zero-order chi connectivity index (χ0) is 19.2. The Balaban J connectivity index is 1.90. The Labute approximate surface area is 160 Å². The minimum atomic E-state index is -1.12. The average molecular weight is 365 g/mol. The Kier molecular flexibility index (Phi) is 6.28. The van der Waals surface area contributed by atoms with E-state index in [4.69, 9.17) is 4.74 Å². The lowest BCUT2D eigenvalue weighted by Gasteiger charge is -2.51. The van der Waals surface area contributed by atoms with E-state index in [1.54, 1.807) is 0 Å². The number of esters is 1. The molecule has 3 rings (SSSR count). The first-order valence-electron chi connectivity index (χ1n) is 9.62. The van der Waals surface area contributed by atoms with Gasteiger partial charge in [0.15, 0.2) is 0 Å². The lowest BCUT2D eigenvalue weighted by Crippen LogP contribution is -2.55. The van der Waals surface area contributed by atoms with Gasteiger partial charge in [0.05, 0.1) is 12.5 Å². The maximum absolute atomic E-state index is 12.9. The molecule has 2 atom stereocenters. The normalized spacial score (nSPS) is 24.0. The topological polar surface area (TPSA) is 66.4 Å². The smallest absolute Gasteiger partial charge is 0.310 e. The van der Waals surface area contributed by atoms with Gasteiger partial charge >= 0.3 is 5.97 Å². The number of benzene rings is 2. The number of carbonyl (C=O) groups is 2. The average Bonchev–Trinajstić information content (AvgIpc) is 2.66. The second-order valence-electron chi connectivity index (χ2n) is 7.12. The summed E-state index contributed by atoms with van der Waals surface area (Å²) in [5.74, 6) is -3.55. The first-order valence-corrected chi connectivity index (χ1v) is 9.62. The van der Waals surface area contributed by atoms with Gasteiger partial charge in [-0.3, -0.25) is 4.79 Å². The fourth-order valence-electron chi connectivity index (χ4n) is 4.14. The van der Waals surface area contributed by atoms with Crippen LogP contribution >= 0.6 is 0 Å². The molecule has 0 unspecified atom stereocenters. The molecule has 0 spiro atoms. The van der Waals surface area contributed by atoms with Crippen LogP contribution in [0.4, 0.5) is 0 Å². The van der Waals surface area contributed by atoms with Crippen LogP contribution in [-0.4, -0.2) is 18.5 Å². The molecule has 4 nitrogen and oxygen atoms in total. The molecule has 0 aliphatic heterocycles. The van der Waals surface area contributed by atoms with Gasteiger partial charge in [-0.05, 0) is 17.5 Å². The van der Waals surface area contributed by atoms with Crippen molar-refractivity contribution < 1.29 is 19.4 Å². The van der Waals surface area contributed by atoms with Crippen LogP contribution in [0, 0.1) is 11.8 Å². The first kappa shape index (κ1) is 19.2. The highest BCUT2D eigenvalue weighted by Crippen LogP contribution is 2.57.